The third-order valence-corrected chi connectivity index (χ3v) is 3.86. The first-order chi connectivity index (χ1) is 8.27. The summed E-state index contributed by atoms with van der Waals surface area (Å²) in [7, 11) is 7.84. The van der Waals surface area contributed by atoms with Gasteiger partial charge in [0.05, 0.1) is 12.2 Å². The fourth-order valence-electron chi connectivity index (χ4n) is 2.29. The highest BCUT2D eigenvalue weighted by Gasteiger charge is 2.37. The van der Waals surface area contributed by atoms with Gasteiger partial charge in [-0.1, -0.05) is 0 Å². The fourth-order valence-corrected chi connectivity index (χ4v) is 2.51. The molecule has 4 nitrogen and oxygen atoms in total. The highest BCUT2D eigenvalue weighted by atomic mass is 35.5. The van der Waals surface area contributed by atoms with Crippen LogP contribution < -0.4 is 0 Å². The Kier molecular flexibility index (Phi) is 8.76. The van der Waals surface area contributed by atoms with E-state index in [2.05, 4.69) is 0 Å². The van der Waals surface area contributed by atoms with Gasteiger partial charge in [-0.05, 0) is 41.0 Å². The molecular formula is C12H26Cl2N2O2. The average Bonchev–Trinajstić information content (AvgIpc) is 2.27. The number of aliphatic hydroxyl groups is 2. The molecule has 0 fully saturated rings. The molecule has 0 aromatic rings. The molecule has 0 amide bonds. The molecule has 0 rings (SSSR count). The maximum Gasteiger partial charge on any atom is 0.0693 e. The Hall–Kier alpha value is 0.420. The summed E-state index contributed by atoms with van der Waals surface area (Å²) in [6.45, 7) is 0.724. The van der Waals surface area contributed by atoms with Crippen LogP contribution in [0.4, 0.5) is 0 Å². The molecule has 0 bridgehead atoms. The molecule has 0 aromatic heterocycles. The maximum absolute atomic E-state index is 9.85. The van der Waals surface area contributed by atoms with Crippen molar-refractivity contribution in [2.75, 3.05) is 46.5 Å². The summed E-state index contributed by atoms with van der Waals surface area (Å²) in [6.07, 6.45) is -0.154. The topological polar surface area (TPSA) is 46.9 Å². The zero-order chi connectivity index (χ0) is 14.3. The van der Waals surface area contributed by atoms with Crippen molar-refractivity contribution in [2.24, 2.45) is 0 Å². The zero-order valence-corrected chi connectivity index (χ0v) is 13.2. The molecule has 0 aliphatic rings. The van der Waals surface area contributed by atoms with Gasteiger partial charge < -0.3 is 20.0 Å². The Morgan fingerprint density at radius 3 is 1.56 bits per heavy atom. The summed E-state index contributed by atoms with van der Waals surface area (Å²) in [4.78, 5) is 4.08. The van der Waals surface area contributed by atoms with Crippen molar-refractivity contribution in [3.63, 3.8) is 0 Å². The molecule has 18 heavy (non-hydrogen) atoms. The number of rotatable bonds is 9. The van der Waals surface area contributed by atoms with Gasteiger partial charge in [0.25, 0.3) is 0 Å². The Labute approximate surface area is 120 Å². The van der Waals surface area contributed by atoms with Crippen LogP contribution in [0.5, 0.6) is 0 Å². The van der Waals surface area contributed by atoms with Gasteiger partial charge in [0.2, 0.25) is 0 Å². The van der Waals surface area contributed by atoms with Gasteiger partial charge in [-0.2, -0.15) is 0 Å². The van der Waals surface area contributed by atoms with Crippen molar-refractivity contribution in [3.8, 4) is 0 Å². The van der Waals surface area contributed by atoms with E-state index < -0.39 is 12.2 Å². The predicted molar refractivity (Wildman–Crippen MR) is 77.7 cm³/mol. The molecule has 0 radical (unpaired) electrons. The highest BCUT2D eigenvalue weighted by Crippen LogP contribution is 2.27. The molecule has 2 N–H and O–H groups in total. The SMILES string of the molecule is CN(C)CC(CC(O)CCl)(CC(O)CCl)N(C)C. The van der Waals surface area contributed by atoms with Crippen LogP contribution in [0.25, 0.3) is 0 Å². The van der Waals surface area contributed by atoms with E-state index >= 15 is 0 Å². The van der Waals surface area contributed by atoms with Crippen LogP contribution in [0, 0.1) is 0 Å². The molecule has 2 atom stereocenters. The number of hydrogen-bond acceptors (Lipinski definition) is 4. The third-order valence-electron chi connectivity index (χ3n) is 3.15. The molecule has 2 unspecified atom stereocenters. The minimum atomic E-state index is -0.587. The molecule has 0 saturated carbocycles. The van der Waals surface area contributed by atoms with Crippen molar-refractivity contribution in [1.82, 2.24) is 9.80 Å². The summed E-state index contributed by atoms with van der Waals surface area (Å²) in [6, 6.07) is 0. The molecule has 0 aliphatic heterocycles. The Morgan fingerprint density at radius 1 is 0.944 bits per heavy atom. The first-order valence-corrected chi connectivity index (χ1v) is 7.14. The second-order valence-electron chi connectivity index (χ2n) is 5.38. The number of likely N-dealkylation sites (N-methyl/N-ethyl adjacent to an activating group) is 2. The molecule has 0 aliphatic carbocycles. The predicted octanol–water partition coefficient (Wildman–Crippen LogP) is 0.828. The Morgan fingerprint density at radius 2 is 1.33 bits per heavy atom. The third kappa shape index (κ3) is 6.04. The van der Waals surface area contributed by atoms with E-state index in [0.717, 1.165) is 6.54 Å². The Bertz CT molecular complexity index is 216. The number of halogens is 2. The lowest BCUT2D eigenvalue weighted by atomic mass is 9.85. The molecule has 0 spiro atoms. The van der Waals surface area contributed by atoms with Crippen LogP contribution in [-0.2, 0) is 0 Å². The van der Waals surface area contributed by atoms with E-state index in [1.807, 2.05) is 38.0 Å². The molecule has 110 valence electrons. The van der Waals surface area contributed by atoms with Crippen LogP contribution in [0.15, 0.2) is 0 Å². The van der Waals surface area contributed by atoms with E-state index in [0.29, 0.717) is 12.8 Å². The number of aliphatic hydroxyl groups excluding tert-OH is 2. The first kappa shape index (κ1) is 18.4. The number of alkyl halides is 2. The van der Waals surface area contributed by atoms with E-state index in [1.54, 1.807) is 0 Å². The van der Waals surface area contributed by atoms with Crippen LogP contribution in [0.1, 0.15) is 12.8 Å². The second-order valence-corrected chi connectivity index (χ2v) is 6.00. The molecule has 0 heterocycles. The van der Waals surface area contributed by atoms with Crippen molar-refractivity contribution >= 4 is 23.2 Å². The molecule has 6 heteroatoms. The zero-order valence-electron chi connectivity index (χ0n) is 11.7. The summed E-state index contributed by atoms with van der Waals surface area (Å²) >= 11 is 11.4. The standard InChI is InChI=1S/C12H26Cl2N2O2/c1-15(2)9-12(16(3)4,5-10(17)7-13)6-11(18)8-14/h10-11,17-18H,5-9H2,1-4H3. The van der Waals surface area contributed by atoms with Crippen LogP contribution >= 0.6 is 23.2 Å². The van der Waals surface area contributed by atoms with E-state index in [1.165, 1.54) is 0 Å². The lowest BCUT2D eigenvalue weighted by Crippen LogP contribution is -2.55. The quantitative estimate of drug-likeness (QED) is 0.619. The van der Waals surface area contributed by atoms with Gasteiger partial charge in [-0.15, -0.1) is 23.2 Å². The van der Waals surface area contributed by atoms with Crippen LogP contribution in [0.3, 0.4) is 0 Å². The summed E-state index contributed by atoms with van der Waals surface area (Å²) in [5.41, 5.74) is -0.341. The maximum atomic E-state index is 9.85. The van der Waals surface area contributed by atoms with Gasteiger partial charge in [0.1, 0.15) is 0 Å². The minimum absolute atomic E-state index is 0.194. The number of nitrogens with zero attached hydrogens (tertiary/aromatic N) is 2. The molecule has 0 saturated heterocycles. The second kappa shape index (κ2) is 8.56. The minimum Gasteiger partial charge on any atom is -0.392 e. The van der Waals surface area contributed by atoms with Crippen molar-refractivity contribution in [3.05, 3.63) is 0 Å². The summed E-state index contributed by atoms with van der Waals surface area (Å²) < 4.78 is 0. The van der Waals surface area contributed by atoms with Gasteiger partial charge in [0, 0.05) is 23.8 Å². The van der Waals surface area contributed by atoms with Crippen molar-refractivity contribution in [1.29, 1.82) is 0 Å². The fraction of sp³-hybridized carbons (Fsp3) is 1.00. The van der Waals surface area contributed by atoms with Gasteiger partial charge in [0.15, 0.2) is 0 Å². The van der Waals surface area contributed by atoms with E-state index in [9.17, 15) is 10.2 Å². The van der Waals surface area contributed by atoms with E-state index in [4.69, 9.17) is 23.2 Å². The van der Waals surface area contributed by atoms with Gasteiger partial charge in [-0.25, -0.2) is 0 Å². The Balaban J connectivity index is 5.01. The monoisotopic (exact) mass is 300 g/mol. The first-order valence-electron chi connectivity index (χ1n) is 6.07. The smallest absolute Gasteiger partial charge is 0.0693 e. The lowest BCUT2D eigenvalue weighted by Gasteiger charge is -2.44. The van der Waals surface area contributed by atoms with Gasteiger partial charge >= 0.3 is 0 Å². The summed E-state index contributed by atoms with van der Waals surface area (Å²) in [5.74, 6) is 0.389. The van der Waals surface area contributed by atoms with Crippen LogP contribution in [-0.4, -0.2) is 84.3 Å². The largest absolute Gasteiger partial charge is 0.392 e. The van der Waals surface area contributed by atoms with Crippen LogP contribution in [0.2, 0.25) is 0 Å². The highest BCUT2D eigenvalue weighted by molar-refractivity contribution is 6.18. The number of hydrogen-bond donors (Lipinski definition) is 2. The van der Waals surface area contributed by atoms with Crippen molar-refractivity contribution in [2.45, 2.75) is 30.6 Å². The summed E-state index contributed by atoms with van der Waals surface area (Å²) in [5, 5.41) is 19.7. The van der Waals surface area contributed by atoms with Gasteiger partial charge in [-0.3, -0.25) is 0 Å². The normalized spacial score (nSPS) is 19.0. The average molecular weight is 301 g/mol. The van der Waals surface area contributed by atoms with E-state index in [-0.39, 0.29) is 17.3 Å². The molecule has 0 aromatic carbocycles. The lowest BCUT2D eigenvalue weighted by molar-refractivity contribution is 0.0128. The molecular weight excluding hydrogens is 275 g/mol. The van der Waals surface area contributed by atoms with Crippen molar-refractivity contribution < 1.29 is 10.2 Å².